The maximum atomic E-state index is 9.14. The quantitative estimate of drug-likeness (QED) is 0.394. The number of carboxylic acids is 1. The Labute approximate surface area is 56.7 Å². The van der Waals surface area contributed by atoms with Crippen molar-refractivity contribution in [2.45, 2.75) is 0 Å². The van der Waals surface area contributed by atoms with E-state index in [1.165, 1.54) is 0 Å². The van der Waals surface area contributed by atoms with Crippen LogP contribution < -0.4 is 17.7 Å². The highest BCUT2D eigenvalue weighted by Gasteiger charge is 1.67. The summed E-state index contributed by atoms with van der Waals surface area (Å²) < 4.78 is 25.6. The molecule has 0 aliphatic heterocycles. The number of hydrogen-bond donors (Lipinski definition) is 0. The van der Waals surface area contributed by atoms with Crippen LogP contribution >= 0.6 is 0 Å². The van der Waals surface area contributed by atoms with Gasteiger partial charge in [0, 0.05) is 0 Å². The van der Waals surface area contributed by atoms with Gasteiger partial charge in [-0.25, -0.2) is 0 Å². The van der Waals surface area contributed by atoms with E-state index in [2.05, 4.69) is 6.58 Å². The number of hydrogen-bond acceptors (Lipinski definition) is 5. The van der Waals surface area contributed by atoms with Crippen LogP contribution in [-0.4, -0.2) is 5.97 Å². The lowest BCUT2D eigenvalue weighted by Crippen LogP contribution is -2.42. The maximum absolute atomic E-state index is 9.14. The molecule has 0 aromatic rings. The Balaban J connectivity index is 0. The highest BCUT2D eigenvalue weighted by atomic mass is 80.0. The second-order valence-corrected chi connectivity index (χ2v) is 1.51. The molecule has 5 nitrogen and oxygen atoms in total. The third-order valence-corrected chi connectivity index (χ3v) is 0.167. The minimum absolute atomic E-state index is 0.722. The summed E-state index contributed by atoms with van der Waals surface area (Å²) in [7, 11) is 0. The Bertz CT molecular complexity index is 87.4. The number of carboxylic acid groups (broad SMARTS) is 1. The molecule has 0 heterocycles. The van der Waals surface area contributed by atoms with E-state index < -0.39 is 20.8 Å². The molecule has 54 valence electrons. The van der Waals surface area contributed by atoms with Crippen molar-refractivity contribution in [2.75, 3.05) is 0 Å². The molecular weight excluding hydrogens is 196 g/mol. The van der Waals surface area contributed by atoms with Gasteiger partial charge in [-0.3, -0.25) is 0 Å². The van der Waals surface area contributed by atoms with E-state index >= 15 is 0 Å². The van der Waals surface area contributed by atoms with Crippen LogP contribution in [0.5, 0.6) is 0 Å². The van der Waals surface area contributed by atoms with Gasteiger partial charge in [-0.15, -0.1) is 0 Å². The first-order chi connectivity index (χ1) is 4.00. The van der Waals surface area contributed by atoms with Gasteiger partial charge in [-0.1, -0.05) is 6.58 Å². The molecule has 0 aromatic heterocycles. The fourth-order valence-corrected chi connectivity index (χ4v) is 0. The molecule has 0 unspecified atom stereocenters. The molecule has 0 spiro atoms. The molecule has 0 aliphatic carbocycles. The van der Waals surface area contributed by atoms with Crippen LogP contribution in [0.25, 0.3) is 0 Å². The Hall–Kier alpha value is -0.430. The summed E-state index contributed by atoms with van der Waals surface area (Å²) >= 11 is -3.65. The molecule has 0 amide bonds. The van der Waals surface area contributed by atoms with E-state index in [1.54, 1.807) is 0 Å². The maximum Gasteiger partial charge on any atom is 0.216 e. The Morgan fingerprint density at radius 2 is 1.56 bits per heavy atom. The number of halogens is 1. The second-order valence-electron chi connectivity index (χ2n) is 0.712. The van der Waals surface area contributed by atoms with Crippen molar-refractivity contribution in [3.05, 3.63) is 12.7 Å². The summed E-state index contributed by atoms with van der Waals surface area (Å²) in [6.45, 7) is 2.90. The summed E-state index contributed by atoms with van der Waals surface area (Å²) in [6.07, 6.45) is 0.722. The number of carbonyl (C=O) groups is 1. The summed E-state index contributed by atoms with van der Waals surface area (Å²) in [5.41, 5.74) is 0. The highest BCUT2D eigenvalue weighted by molar-refractivity contribution is 5.76. The van der Waals surface area contributed by atoms with E-state index in [0.29, 0.717) is 0 Å². The van der Waals surface area contributed by atoms with E-state index in [4.69, 9.17) is 22.5 Å². The molecule has 0 fully saturated rings. The third kappa shape index (κ3) is 95.3. The molecule has 0 saturated heterocycles. The van der Waals surface area contributed by atoms with Gasteiger partial charge >= 0.3 is 0 Å². The van der Waals surface area contributed by atoms with Gasteiger partial charge in [-0.05, 0) is 6.08 Å². The van der Waals surface area contributed by atoms with Crippen molar-refractivity contribution in [3.8, 4) is 0 Å². The lowest BCUT2D eigenvalue weighted by Gasteiger charge is -1.85. The van der Waals surface area contributed by atoms with E-state index in [1.807, 2.05) is 0 Å². The molecular formula is C3H3BrO5-2. The Morgan fingerprint density at radius 3 is 1.56 bits per heavy atom. The monoisotopic (exact) mass is 198 g/mol. The highest BCUT2D eigenvalue weighted by Crippen LogP contribution is 1.47. The van der Waals surface area contributed by atoms with Crippen molar-refractivity contribution in [3.63, 3.8) is 0 Å². The van der Waals surface area contributed by atoms with Crippen molar-refractivity contribution >= 4 is 5.97 Å². The summed E-state index contributed by atoms with van der Waals surface area (Å²) in [5.74, 6) is -1.23. The van der Waals surface area contributed by atoms with Gasteiger partial charge < -0.3 is 22.5 Å². The van der Waals surface area contributed by atoms with Crippen LogP contribution in [0.1, 0.15) is 0 Å². The van der Waals surface area contributed by atoms with Crippen LogP contribution in [0, 0.1) is 14.8 Å². The first-order valence-electron chi connectivity index (χ1n) is 1.57. The van der Waals surface area contributed by atoms with Crippen LogP contribution in [0.3, 0.4) is 0 Å². The first kappa shape index (κ1) is 11.4. The molecule has 9 heavy (non-hydrogen) atoms. The normalized spacial score (nSPS) is 7.56. The summed E-state index contributed by atoms with van der Waals surface area (Å²) in [6, 6.07) is 0. The van der Waals surface area contributed by atoms with Gasteiger partial charge in [0.2, 0.25) is 14.8 Å². The average molecular weight is 199 g/mol. The zero-order valence-electron chi connectivity index (χ0n) is 4.20. The number of rotatable bonds is 1. The zero-order chi connectivity index (χ0) is 7.86. The van der Waals surface area contributed by atoms with Gasteiger partial charge in [0.15, 0.2) is 0 Å². The number of carbonyl (C=O) groups excluding carboxylic acids is 1. The van der Waals surface area contributed by atoms with Gasteiger partial charge in [0.1, 0.15) is 0 Å². The Morgan fingerprint density at radius 1 is 1.44 bits per heavy atom. The molecule has 0 aromatic carbocycles. The Kier molecular flexibility index (Phi) is 9.57. The topological polar surface area (TPSA) is 109 Å². The standard InChI is InChI=1S/C3H4O2.BrO3/c1-2-3(4)5;2-1(3)4/h2H,1H2,(H,4,5);/q;-1/p-1. The van der Waals surface area contributed by atoms with Crippen molar-refractivity contribution in [1.29, 1.82) is 0 Å². The van der Waals surface area contributed by atoms with Crippen molar-refractivity contribution in [1.82, 2.24) is 0 Å². The SMILES string of the molecule is C=CC(=O)[O-].[O-][Br+2]([O-])[O-]. The lowest BCUT2D eigenvalue weighted by atomic mass is 10.7. The summed E-state index contributed by atoms with van der Waals surface area (Å²) in [5, 5.41) is 9.14. The van der Waals surface area contributed by atoms with Gasteiger partial charge in [0.05, 0.1) is 5.97 Å². The van der Waals surface area contributed by atoms with Gasteiger partial charge in [-0.2, -0.15) is 0 Å². The van der Waals surface area contributed by atoms with Crippen LogP contribution in [-0.2, 0) is 4.79 Å². The third-order valence-electron chi connectivity index (χ3n) is 0.167. The van der Waals surface area contributed by atoms with E-state index in [9.17, 15) is 0 Å². The largest absolute Gasteiger partial charge is 0.545 e. The molecule has 0 atom stereocenters. The number of aliphatic carboxylic acids is 1. The molecule has 6 heteroatoms. The smallest absolute Gasteiger partial charge is 0.216 e. The van der Waals surface area contributed by atoms with Crippen molar-refractivity contribution in [2.24, 2.45) is 0 Å². The zero-order valence-corrected chi connectivity index (χ0v) is 5.79. The molecule has 0 saturated carbocycles. The van der Waals surface area contributed by atoms with Crippen molar-refractivity contribution < 1.29 is 37.3 Å². The van der Waals surface area contributed by atoms with E-state index in [0.717, 1.165) is 6.08 Å². The van der Waals surface area contributed by atoms with Crippen LogP contribution in [0.4, 0.5) is 0 Å². The van der Waals surface area contributed by atoms with Crippen LogP contribution in [0.2, 0.25) is 0 Å². The van der Waals surface area contributed by atoms with Crippen LogP contribution in [0.15, 0.2) is 12.7 Å². The summed E-state index contributed by atoms with van der Waals surface area (Å²) in [4.78, 5) is 9.14. The average Bonchev–Trinajstić information content (AvgIpc) is 1.65. The molecule has 0 bridgehead atoms. The second kappa shape index (κ2) is 7.57. The van der Waals surface area contributed by atoms with E-state index in [-0.39, 0.29) is 0 Å². The first-order valence-corrected chi connectivity index (χ1v) is 3.51. The fraction of sp³-hybridized carbons (Fsp3) is 0. The molecule has 0 N–H and O–H groups in total. The predicted molar refractivity (Wildman–Crippen MR) is 15.2 cm³/mol. The predicted octanol–water partition coefficient (Wildman–Crippen LogP) is -4.64. The molecule has 0 radical (unpaired) electrons. The fourth-order valence-electron chi connectivity index (χ4n) is 0. The molecule has 0 rings (SSSR count). The van der Waals surface area contributed by atoms with Gasteiger partial charge in [0.25, 0.3) is 0 Å². The minimum Gasteiger partial charge on any atom is -0.545 e. The lowest BCUT2D eigenvalue weighted by molar-refractivity contribution is -1.73. The minimum atomic E-state index is -3.65. The molecule has 0 aliphatic rings.